The number of carbonyl (C=O) groups is 2. The topological polar surface area (TPSA) is 83.6 Å². The highest BCUT2D eigenvalue weighted by atomic mass is 16.5. The van der Waals surface area contributed by atoms with Crippen molar-refractivity contribution in [1.82, 2.24) is 20.5 Å². The van der Waals surface area contributed by atoms with Crippen LogP contribution in [0.3, 0.4) is 0 Å². The van der Waals surface area contributed by atoms with E-state index in [2.05, 4.69) is 15.6 Å². The Kier molecular flexibility index (Phi) is 5.57. The van der Waals surface area contributed by atoms with Gasteiger partial charge >= 0.3 is 6.03 Å². The van der Waals surface area contributed by atoms with Crippen molar-refractivity contribution < 1.29 is 14.3 Å². The Labute approximate surface area is 130 Å². The Morgan fingerprint density at radius 1 is 1.50 bits per heavy atom. The first kappa shape index (κ1) is 16.1. The summed E-state index contributed by atoms with van der Waals surface area (Å²) in [7, 11) is 1.56. The van der Waals surface area contributed by atoms with Crippen LogP contribution < -0.4 is 15.4 Å². The second-order valence-corrected chi connectivity index (χ2v) is 5.35. The van der Waals surface area contributed by atoms with Gasteiger partial charge in [-0.25, -0.2) is 9.78 Å². The van der Waals surface area contributed by atoms with Crippen molar-refractivity contribution in [3.05, 3.63) is 23.9 Å². The minimum absolute atomic E-state index is 0.0398. The highest BCUT2D eigenvalue weighted by molar-refractivity contribution is 5.75. The summed E-state index contributed by atoms with van der Waals surface area (Å²) in [5.74, 6) is 0.464. The third-order valence-electron chi connectivity index (χ3n) is 3.57. The molecular formula is C15H22N4O3. The first-order chi connectivity index (χ1) is 10.6. The normalized spacial score (nSPS) is 17.7. The van der Waals surface area contributed by atoms with Gasteiger partial charge in [0.2, 0.25) is 11.8 Å². The fraction of sp³-hybridized carbons (Fsp3) is 0.533. The van der Waals surface area contributed by atoms with Gasteiger partial charge in [-0.05, 0) is 24.5 Å². The first-order valence-electron chi connectivity index (χ1n) is 7.37. The lowest BCUT2D eigenvalue weighted by molar-refractivity contribution is -0.119. The Morgan fingerprint density at radius 2 is 2.32 bits per heavy atom. The number of likely N-dealkylation sites (tertiary alicyclic amines) is 1. The van der Waals surface area contributed by atoms with Gasteiger partial charge in [0.15, 0.2) is 0 Å². The fourth-order valence-corrected chi connectivity index (χ4v) is 2.53. The smallest absolute Gasteiger partial charge is 0.317 e. The van der Waals surface area contributed by atoms with Crippen LogP contribution in [-0.2, 0) is 11.3 Å². The number of amides is 3. The molecular weight excluding hydrogens is 284 g/mol. The van der Waals surface area contributed by atoms with E-state index in [0.29, 0.717) is 25.5 Å². The molecule has 0 saturated carbocycles. The van der Waals surface area contributed by atoms with E-state index < -0.39 is 0 Å². The number of methoxy groups -OCH3 is 1. The Hall–Kier alpha value is -2.31. The van der Waals surface area contributed by atoms with E-state index in [4.69, 9.17) is 4.74 Å². The molecule has 0 aliphatic carbocycles. The van der Waals surface area contributed by atoms with Crippen molar-refractivity contribution in [2.75, 3.05) is 20.2 Å². The molecule has 0 aromatic carbocycles. The molecule has 22 heavy (non-hydrogen) atoms. The molecule has 1 aliphatic heterocycles. The number of piperidine rings is 1. The van der Waals surface area contributed by atoms with Crippen LogP contribution in [0, 0.1) is 0 Å². The van der Waals surface area contributed by atoms with Crippen LogP contribution in [0.5, 0.6) is 5.88 Å². The van der Waals surface area contributed by atoms with Crippen molar-refractivity contribution in [1.29, 1.82) is 0 Å². The Bertz CT molecular complexity index is 535. The second kappa shape index (κ2) is 7.63. The van der Waals surface area contributed by atoms with Gasteiger partial charge < -0.3 is 20.3 Å². The maximum atomic E-state index is 12.2. The predicted molar refractivity (Wildman–Crippen MR) is 81.4 cm³/mol. The van der Waals surface area contributed by atoms with E-state index in [1.165, 1.54) is 6.92 Å². The molecule has 0 bridgehead atoms. The predicted octanol–water partition coefficient (Wildman–Crippen LogP) is 0.900. The SMILES string of the molecule is COc1cc(CNC(=O)N2CCCC(NC(C)=O)C2)ccn1. The number of pyridine rings is 1. The number of hydrogen-bond donors (Lipinski definition) is 2. The summed E-state index contributed by atoms with van der Waals surface area (Å²) in [6.45, 7) is 3.17. The molecule has 2 rings (SSSR count). The molecule has 120 valence electrons. The zero-order chi connectivity index (χ0) is 15.9. The molecule has 1 aromatic rings. The van der Waals surface area contributed by atoms with E-state index in [1.54, 1.807) is 24.3 Å². The van der Waals surface area contributed by atoms with Crippen LogP contribution in [0.4, 0.5) is 4.79 Å². The number of carbonyl (C=O) groups excluding carboxylic acids is 2. The average Bonchev–Trinajstić information content (AvgIpc) is 2.52. The van der Waals surface area contributed by atoms with Crippen LogP contribution in [0.1, 0.15) is 25.3 Å². The molecule has 1 fully saturated rings. The lowest BCUT2D eigenvalue weighted by atomic mass is 10.1. The molecule has 0 radical (unpaired) electrons. The van der Waals surface area contributed by atoms with Crippen LogP contribution in [0.2, 0.25) is 0 Å². The highest BCUT2D eigenvalue weighted by Gasteiger charge is 2.23. The maximum absolute atomic E-state index is 12.2. The average molecular weight is 306 g/mol. The molecule has 1 atom stereocenters. The lowest BCUT2D eigenvalue weighted by Gasteiger charge is -2.33. The summed E-state index contributed by atoms with van der Waals surface area (Å²) >= 11 is 0. The lowest BCUT2D eigenvalue weighted by Crippen LogP contribution is -2.51. The van der Waals surface area contributed by atoms with E-state index in [1.807, 2.05) is 6.07 Å². The quantitative estimate of drug-likeness (QED) is 0.866. The fourth-order valence-electron chi connectivity index (χ4n) is 2.53. The van der Waals surface area contributed by atoms with Crippen LogP contribution in [0.25, 0.3) is 0 Å². The second-order valence-electron chi connectivity index (χ2n) is 5.35. The standard InChI is InChI=1S/C15H22N4O3/c1-11(20)18-13-4-3-7-19(10-13)15(21)17-9-12-5-6-16-14(8-12)22-2/h5-6,8,13H,3-4,7,9-10H2,1-2H3,(H,17,21)(H,18,20). The maximum Gasteiger partial charge on any atom is 0.317 e. The molecule has 1 unspecified atom stereocenters. The van der Waals surface area contributed by atoms with Crippen molar-refractivity contribution in [2.24, 2.45) is 0 Å². The number of ether oxygens (including phenoxy) is 1. The number of aromatic nitrogens is 1. The minimum atomic E-state index is -0.120. The van der Waals surface area contributed by atoms with Crippen LogP contribution in [0.15, 0.2) is 18.3 Å². The number of rotatable bonds is 4. The van der Waals surface area contributed by atoms with Gasteiger partial charge in [-0.1, -0.05) is 0 Å². The summed E-state index contributed by atoms with van der Waals surface area (Å²) in [5.41, 5.74) is 0.927. The van der Waals surface area contributed by atoms with Gasteiger partial charge in [-0.15, -0.1) is 0 Å². The summed E-state index contributed by atoms with van der Waals surface area (Å²) in [6.07, 6.45) is 3.44. The van der Waals surface area contributed by atoms with E-state index in [9.17, 15) is 9.59 Å². The summed E-state index contributed by atoms with van der Waals surface area (Å²) in [6, 6.07) is 3.54. The van der Waals surface area contributed by atoms with Crippen molar-refractivity contribution in [3.63, 3.8) is 0 Å². The van der Waals surface area contributed by atoms with Gasteiger partial charge in [0, 0.05) is 44.9 Å². The number of nitrogens with one attached hydrogen (secondary N) is 2. The van der Waals surface area contributed by atoms with E-state index in [-0.39, 0.29) is 18.0 Å². The molecule has 1 aromatic heterocycles. The van der Waals surface area contributed by atoms with Crippen molar-refractivity contribution in [3.8, 4) is 5.88 Å². The van der Waals surface area contributed by atoms with Crippen LogP contribution >= 0.6 is 0 Å². The van der Waals surface area contributed by atoms with Crippen molar-refractivity contribution >= 4 is 11.9 Å². The summed E-state index contributed by atoms with van der Waals surface area (Å²) in [4.78, 5) is 29.1. The molecule has 1 aliphatic rings. The Morgan fingerprint density at radius 3 is 3.05 bits per heavy atom. The minimum Gasteiger partial charge on any atom is -0.481 e. The van der Waals surface area contributed by atoms with Gasteiger partial charge in [0.05, 0.1) is 7.11 Å². The van der Waals surface area contributed by atoms with E-state index in [0.717, 1.165) is 18.4 Å². The number of hydrogen-bond acceptors (Lipinski definition) is 4. The van der Waals surface area contributed by atoms with Gasteiger partial charge in [-0.3, -0.25) is 4.79 Å². The third kappa shape index (κ3) is 4.61. The van der Waals surface area contributed by atoms with Gasteiger partial charge in [-0.2, -0.15) is 0 Å². The van der Waals surface area contributed by atoms with Gasteiger partial charge in [0.1, 0.15) is 0 Å². The van der Waals surface area contributed by atoms with Crippen molar-refractivity contribution in [2.45, 2.75) is 32.4 Å². The zero-order valence-corrected chi connectivity index (χ0v) is 13.0. The highest BCUT2D eigenvalue weighted by Crippen LogP contribution is 2.11. The first-order valence-corrected chi connectivity index (χ1v) is 7.37. The molecule has 0 spiro atoms. The third-order valence-corrected chi connectivity index (χ3v) is 3.57. The van der Waals surface area contributed by atoms with Crippen LogP contribution in [-0.4, -0.2) is 48.1 Å². The summed E-state index contributed by atoms with van der Waals surface area (Å²) in [5, 5.41) is 5.75. The largest absolute Gasteiger partial charge is 0.481 e. The van der Waals surface area contributed by atoms with Gasteiger partial charge in [0.25, 0.3) is 0 Å². The number of nitrogens with zero attached hydrogens (tertiary/aromatic N) is 2. The molecule has 2 N–H and O–H groups in total. The monoisotopic (exact) mass is 306 g/mol. The van der Waals surface area contributed by atoms with E-state index >= 15 is 0 Å². The molecule has 1 saturated heterocycles. The molecule has 7 heteroatoms. The summed E-state index contributed by atoms with van der Waals surface area (Å²) < 4.78 is 5.05. The Balaban J connectivity index is 1.84. The molecule has 3 amide bonds. The molecule has 2 heterocycles. The zero-order valence-electron chi connectivity index (χ0n) is 13.0. The molecule has 7 nitrogen and oxygen atoms in total. The number of urea groups is 1.